The van der Waals surface area contributed by atoms with Gasteiger partial charge in [-0.1, -0.05) is 70.9 Å². The fourth-order valence-electron chi connectivity index (χ4n) is 6.76. The molecular weight excluding hydrogens is 997 g/mol. The molecule has 2 aromatic heterocycles. The number of azide groups is 1. The molecule has 2 aliphatic rings. The van der Waals surface area contributed by atoms with Gasteiger partial charge in [-0.15, -0.1) is 11.3 Å². The number of rotatable bonds is 17. The molecule has 4 aromatic rings. The van der Waals surface area contributed by atoms with Gasteiger partial charge in [0.2, 0.25) is 5.60 Å². The number of carbonyl (C=O) groups excluding carboxylic acids is 6. The number of hydrogen-bond acceptors (Lipinski definition) is 19. The average Bonchev–Trinajstić information content (AvgIpc) is 3.78. The molecule has 73 heavy (non-hydrogen) atoms. The number of nitrogens with zero attached hydrogens (tertiary/aromatic N) is 10. The third-order valence-corrected chi connectivity index (χ3v) is 11.8. The van der Waals surface area contributed by atoms with E-state index in [0.717, 1.165) is 16.1 Å². The summed E-state index contributed by atoms with van der Waals surface area (Å²) in [6.45, 7) is 12.4. The summed E-state index contributed by atoms with van der Waals surface area (Å²) in [7, 11) is -5.32. The van der Waals surface area contributed by atoms with Crippen LogP contribution < -0.4 is 10.6 Å². The average molecular weight is 1050 g/mol. The zero-order valence-electron chi connectivity index (χ0n) is 41.2. The molecule has 390 valence electrons. The van der Waals surface area contributed by atoms with E-state index in [0.29, 0.717) is 16.0 Å². The Balaban J connectivity index is 1.31. The topological polar surface area (TPSA) is 338 Å². The van der Waals surface area contributed by atoms with Crippen molar-refractivity contribution in [1.82, 2.24) is 34.5 Å². The van der Waals surface area contributed by atoms with Gasteiger partial charge in [0.15, 0.2) is 16.9 Å². The number of aromatic nitrogens is 4. The fraction of sp³-hybridized carbons (Fsp3) is 0.467. The molecule has 5 amide bonds. The van der Waals surface area contributed by atoms with Crippen molar-refractivity contribution in [3.05, 3.63) is 105 Å². The summed E-state index contributed by atoms with van der Waals surface area (Å²) >= 11 is 0.846. The fourth-order valence-corrected chi connectivity index (χ4v) is 8.31. The largest absolute Gasteiger partial charge is 0.450 e. The summed E-state index contributed by atoms with van der Waals surface area (Å²) in [6.07, 6.45) is -3.80. The van der Waals surface area contributed by atoms with Crippen molar-refractivity contribution in [3.8, 4) is 0 Å². The summed E-state index contributed by atoms with van der Waals surface area (Å²) in [5.74, 6) is -3.33. The minimum Gasteiger partial charge on any atom is -0.450 e. The second kappa shape index (κ2) is 21.6. The Bertz CT molecular complexity index is 2850. The summed E-state index contributed by atoms with van der Waals surface area (Å²) in [4.78, 5) is 95.6. The van der Waals surface area contributed by atoms with E-state index in [1.54, 1.807) is 123 Å². The lowest BCUT2D eigenvalue weighted by Crippen LogP contribution is -2.73. The van der Waals surface area contributed by atoms with Gasteiger partial charge in [-0.25, -0.2) is 33.4 Å². The monoisotopic (exact) mass is 1050 g/mol. The summed E-state index contributed by atoms with van der Waals surface area (Å²) < 4.78 is 57.8. The predicted molar refractivity (Wildman–Crippen MR) is 257 cm³/mol. The van der Waals surface area contributed by atoms with E-state index in [1.807, 2.05) is 0 Å². The molecule has 6 rings (SSSR count). The molecule has 1 aliphatic carbocycles. The van der Waals surface area contributed by atoms with Gasteiger partial charge < -0.3 is 29.1 Å². The number of β-lactam (4-membered cyclic amide) rings is 1. The van der Waals surface area contributed by atoms with Crippen molar-refractivity contribution in [2.75, 3.05) is 5.32 Å². The number of hydrogen-bond donors (Lipinski definition) is 3. The minimum atomic E-state index is -5.32. The van der Waals surface area contributed by atoms with E-state index in [9.17, 15) is 41.7 Å². The number of thiazole rings is 1. The Morgan fingerprint density at radius 1 is 0.890 bits per heavy atom. The van der Waals surface area contributed by atoms with Crippen molar-refractivity contribution in [3.63, 3.8) is 0 Å². The molecule has 28 heteroatoms. The predicted octanol–water partition coefficient (Wildman–Crippen LogP) is 6.35. The smallest absolute Gasteiger partial charge is 0.420 e. The number of imide groups is 1. The molecule has 0 bridgehead atoms. The molecule has 2 atom stereocenters. The van der Waals surface area contributed by atoms with Gasteiger partial charge in [0.1, 0.15) is 40.3 Å². The zero-order valence-corrected chi connectivity index (χ0v) is 42.8. The number of anilines is 1. The highest BCUT2D eigenvalue weighted by molar-refractivity contribution is 7.84. The van der Waals surface area contributed by atoms with E-state index < -0.39 is 112 Å². The van der Waals surface area contributed by atoms with Crippen molar-refractivity contribution >= 4 is 68.5 Å². The molecule has 0 spiro atoms. The van der Waals surface area contributed by atoms with E-state index in [-0.39, 0.29) is 39.4 Å². The molecule has 2 fully saturated rings. The number of esters is 1. The first-order chi connectivity index (χ1) is 34.1. The molecule has 0 radical (unpaired) electrons. The Morgan fingerprint density at radius 2 is 1.44 bits per heavy atom. The Hall–Kier alpha value is -7.68. The third-order valence-electron chi connectivity index (χ3n) is 10.1. The van der Waals surface area contributed by atoms with Gasteiger partial charge in [-0.3, -0.25) is 19.5 Å². The lowest BCUT2D eigenvalue weighted by molar-refractivity contribution is -0.164. The van der Waals surface area contributed by atoms with Crippen LogP contribution in [-0.4, -0.2) is 118 Å². The van der Waals surface area contributed by atoms with Crippen LogP contribution in [0.25, 0.3) is 10.4 Å². The van der Waals surface area contributed by atoms with Crippen LogP contribution in [0.2, 0.25) is 0 Å². The molecular formula is C45H54N12O14S2. The number of oxime groups is 1. The third kappa shape index (κ3) is 14.5. The standard InChI is InChI=1S/C45H54N12O14S2/c1-42(2,3)68-39(61)50-38-48-30(25-72-38)32(53-71-45(20-21-45)37(60)67-34(26-16-12-10-13-17-26)27-18-14-11-15-19-27)35(58)49-33-31(57(36(33)59)73(64,65)66)24-56-51-28(22-47-54-46)29(52-56)23-55(40(62)69-43(4,5)6)41(63)70-44(7,8)9/h10-19,25,31,33-34H,20-24H2,1-9H3,(H,49,58)(H,48,50,61)(H,64,65,66)/b53-32-/t31-,33+/m1/s1. The van der Waals surface area contributed by atoms with Crippen LogP contribution in [0.3, 0.4) is 0 Å². The quantitative estimate of drug-likeness (QED) is 0.0119. The lowest BCUT2D eigenvalue weighted by atomic mass is 9.98. The normalized spacial score (nSPS) is 16.6. The maximum atomic E-state index is 14.4. The second-order valence-electron chi connectivity index (χ2n) is 19.5. The van der Waals surface area contributed by atoms with Crippen molar-refractivity contribution < 1.29 is 65.5 Å². The molecule has 2 aromatic carbocycles. The highest BCUT2D eigenvalue weighted by Crippen LogP contribution is 2.43. The summed E-state index contributed by atoms with van der Waals surface area (Å²) in [5.41, 5.74) is 4.57. The van der Waals surface area contributed by atoms with Crippen LogP contribution in [0.1, 0.15) is 109 Å². The number of ether oxygens (including phenoxy) is 4. The van der Waals surface area contributed by atoms with Gasteiger partial charge in [0.25, 0.3) is 11.8 Å². The van der Waals surface area contributed by atoms with Gasteiger partial charge >= 0.3 is 34.6 Å². The summed E-state index contributed by atoms with van der Waals surface area (Å²) in [5, 5.41) is 22.2. The summed E-state index contributed by atoms with van der Waals surface area (Å²) in [6, 6.07) is 14.4. The Morgan fingerprint density at radius 3 is 1.95 bits per heavy atom. The number of benzene rings is 2. The Labute approximate surface area is 422 Å². The van der Waals surface area contributed by atoms with Crippen molar-refractivity contribution in [1.29, 1.82) is 0 Å². The molecule has 0 unspecified atom stereocenters. The maximum Gasteiger partial charge on any atom is 0.420 e. The number of nitrogens with one attached hydrogen (secondary N) is 2. The second-order valence-corrected chi connectivity index (χ2v) is 21.7. The van der Waals surface area contributed by atoms with Crippen LogP contribution in [0.4, 0.5) is 19.5 Å². The lowest BCUT2D eigenvalue weighted by Gasteiger charge is -2.43. The van der Waals surface area contributed by atoms with Crippen molar-refractivity contribution in [2.24, 2.45) is 10.3 Å². The van der Waals surface area contributed by atoms with Crippen LogP contribution in [0.5, 0.6) is 0 Å². The Kier molecular flexibility index (Phi) is 16.2. The molecule has 3 N–H and O–H groups in total. The first-order valence-corrected chi connectivity index (χ1v) is 24.7. The maximum absolute atomic E-state index is 14.4. The van der Waals surface area contributed by atoms with Crippen molar-refractivity contribution in [2.45, 2.75) is 135 Å². The van der Waals surface area contributed by atoms with Crippen LogP contribution in [-0.2, 0) is 68.1 Å². The SMILES string of the molecule is CC(C)(C)OC(=O)Nc1nc(/C(=N/OC2(C(=O)OC(c3ccccc3)c3ccccc3)CC2)C(=O)N[C@@H]2C(=O)N(S(=O)(=O)O)[C@@H]2Cn2nc(CN=[N+]=[N-])c(CN(C(=O)OC(C)(C)C)C(=O)OC(C)(C)C)n2)cs1. The molecule has 1 saturated carbocycles. The van der Waals surface area contributed by atoms with E-state index in [1.165, 1.54) is 5.38 Å². The van der Waals surface area contributed by atoms with Gasteiger partial charge in [0, 0.05) is 23.1 Å². The van der Waals surface area contributed by atoms with Gasteiger partial charge in [-0.05, 0) is 79.0 Å². The first kappa shape index (κ1) is 54.6. The molecule has 3 heterocycles. The molecule has 1 aliphatic heterocycles. The first-order valence-electron chi connectivity index (χ1n) is 22.4. The minimum absolute atomic E-state index is 0.0614. The zero-order chi connectivity index (χ0) is 53.7. The van der Waals surface area contributed by atoms with E-state index in [2.05, 4.69) is 41.0 Å². The number of amides is 5. The van der Waals surface area contributed by atoms with Crippen LogP contribution in [0.15, 0.2) is 76.3 Å². The van der Waals surface area contributed by atoms with E-state index in [4.69, 9.17) is 29.3 Å². The highest BCUT2D eigenvalue weighted by Gasteiger charge is 2.57. The molecule has 26 nitrogen and oxygen atoms in total. The van der Waals surface area contributed by atoms with Gasteiger partial charge in [0.05, 0.1) is 25.3 Å². The molecule has 1 saturated heterocycles. The number of carbonyl (C=O) groups is 6. The van der Waals surface area contributed by atoms with E-state index >= 15 is 0 Å². The van der Waals surface area contributed by atoms with Gasteiger partial charge in [-0.2, -0.15) is 23.4 Å². The van der Waals surface area contributed by atoms with Crippen LogP contribution >= 0.6 is 11.3 Å². The van der Waals surface area contributed by atoms with Crippen LogP contribution in [0, 0.1) is 0 Å². The highest BCUT2D eigenvalue weighted by atomic mass is 32.2.